The zero-order chi connectivity index (χ0) is 15.6. The average molecular weight is 305 g/mol. The Morgan fingerprint density at radius 3 is 2.29 bits per heavy atom. The first kappa shape index (κ1) is 15.4. The number of anilines is 1. The second kappa shape index (κ2) is 5.81. The molecule has 2 aromatic rings. The molecule has 0 radical (unpaired) electrons. The predicted octanol–water partition coefficient (Wildman–Crippen LogP) is 2.39. The Morgan fingerprint density at radius 1 is 1.14 bits per heavy atom. The van der Waals surface area contributed by atoms with Crippen LogP contribution in [0.5, 0.6) is 0 Å². The smallest absolute Gasteiger partial charge is 0.225 e. The van der Waals surface area contributed by atoms with Gasteiger partial charge in [0.1, 0.15) is 0 Å². The van der Waals surface area contributed by atoms with E-state index in [9.17, 15) is 8.42 Å². The van der Waals surface area contributed by atoms with Crippen LogP contribution in [0.1, 0.15) is 24.2 Å². The van der Waals surface area contributed by atoms with Crippen LogP contribution >= 0.6 is 0 Å². The Kier molecular flexibility index (Phi) is 4.27. The van der Waals surface area contributed by atoms with E-state index in [1.54, 1.807) is 18.3 Å². The van der Waals surface area contributed by atoms with Crippen molar-refractivity contribution in [1.82, 2.24) is 9.97 Å². The van der Waals surface area contributed by atoms with Crippen molar-refractivity contribution in [3.63, 3.8) is 0 Å². The van der Waals surface area contributed by atoms with Crippen molar-refractivity contribution in [2.75, 3.05) is 18.2 Å². The van der Waals surface area contributed by atoms with Crippen molar-refractivity contribution in [3.05, 3.63) is 47.8 Å². The maximum Gasteiger partial charge on any atom is 0.225 e. The van der Waals surface area contributed by atoms with Crippen LogP contribution in [-0.4, -0.2) is 31.7 Å². The molecular formula is C15H19N3O2S. The summed E-state index contributed by atoms with van der Waals surface area (Å²) in [4.78, 5) is 10.9. The molecule has 0 unspecified atom stereocenters. The fraction of sp³-hybridized carbons (Fsp3) is 0.333. The van der Waals surface area contributed by atoms with Gasteiger partial charge in [-0.25, -0.2) is 18.4 Å². The molecule has 0 aliphatic heterocycles. The number of nitrogens with zero attached hydrogens (tertiary/aromatic N) is 3. The van der Waals surface area contributed by atoms with Gasteiger partial charge in [0.15, 0.2) is 9.84 Å². The number of sulfone groups is 1. The largest absolute Gasteiger partial charge is 0.337 e. The quantitative estimate of drug-likeness (QED) is 0.868. The first-order valence-electron chi connectivity index (χ1n) is 6.61. The highest BCUT2D eigenvalue weighted by Gasteiger charge is 2.15. The van der Waals surface area contributed by atoms with Crippen LogP contribution in [-0.2, 0) is 9.84 Å². The standard InChI is InChI=1S/C15H19N3O2S/c1-11-9-10-16-15(17-11)18(3)12(2)13-5-7-14(8-6-13)21(4,19)20/h5-10,12H,1-4H3/t12-/m0/s1. The minimum atomic E-state index is -3.16. The van der Waals surface area contributed by atoms with E-state index >= 15 is 0 Å². The van der Waals surface area contributed by atoms with Gasteiger partial charge in [-0.05, 0) is 37.6 Å². The summed E-state index contributed by atoms with van der Waals surface area (Å²) >= 11 is 0. The normalized spacial score (nSPS) is 13.0. The Hall–Kier alpha value is -1.95. The van der Waals surface area contributed by atoms with Gasteiger partial charge in [-0.15, -0.1) is 0 Å². The van der Waals surface area contributed by atoms with Gasteiger partial charge in [-0.3, -0.25) is 0 Å². The summed E-state index contributed by atoms with van der Waals surface area (Å²) in [5, 5.41) is 0. The molecule has 0 aliphatic rings. The molecule has 0 spiro atoms. The van der Waals surface area contributed by atoms with Gasteiger partial charge in [0.05, 0.1) is 10.9 Å². The fourth-order valence-electron chi connectivity index (χ4n) is 2.00. The van der Waals surface area contributed by atoms with Gasteiger partial charge in [-0.2, -0.15) is 0 Å². The average Bonchev–Trinajstić information content (AvgIpc) is 2.45. The molecule has 1 heterocycles. The van der Waals surface area contributed by atoms with E-state index in [4.69, 9.17) is 0 Å². The van der Waals surface area contributed by atoms with E-state index in [0.717, 1.165) is 11.3 Å². The third-order valence-corrected chi connectivity index (χ3v) is 4.60. The predicted molar refractivity (Wildman–Crippen MR) is 83.1 cm³/mol. The second-order valence-electron chi connectivity index (χ2n) is 5.13. The first-order chi connectivity index (χ1) is 9.79. The summed E-state index contributed by atoms with van der Waals surface area (Å²) in [5.74, 6) is 0.648. The van der Waals surface area contributed by atoms with E-state index < -0.39 is 9.84 Å². The highest BCUT2D eigenvalue weighted by Crippen LogP contribution is 2.23. The van der Waals surface area contributed by atoms with Crippen LogP contribution < -0.4 is 4.90 Å². The Labute approximate surface area is 125 Å². The zero-order valence-corrected chi connectivity index (χ0v) is 13.4. The highest BCUT2D eigenvalue weighted by molar-refractivity contribution is 7.90. The molecule has 0 saturated carbocycles. The van der Waals surface area contributed by atoms with Crippen molar-refractivity contribution in [3.8, 4) is 0 Å². The number of aryl methyl sites for hydroxylation is 1. The van der Waals surface area contributed by atoms with Gasteiger partial charge in [0, 0.05) is 25.2 Å². The molecular weight excluding hydrogens is 286 g/mol. The van der Waals surface area contributed by atoms with Crippen LogP contribution in [0.25, 0.3) is 0 Å². The monoisotopic (exact) mass is 305 g/mol. The number of rotatable bonds is 4. The lowest BCUT2D eigenvalue weighted by Gasteiger charge is -2.25. The van der Waals surface area contributed by atoms with Crippen molar-refractivity contribution in [2.45, 2.75) is 24.8 Å². The van der Waals surface area contributed by atoms with Crippen LogP contribution in [0.2, 0.25) is 0 Å². The lowest BCUT2D eigenvalue weighted by molar-refractivity contribution is 0.601. The number of hydrogen-bond acceptors (Lipinski definition) is 5. The van der Waals surface area contributed by atoms with E-state index in [-0.39, 0.29) is 6.04 Å². The summed E-state index contributed by atoms with van der Waals surface area (Å²) in [6.07, 6.45) is 2.94. The van der Waals surface area contributed by atoms with Gasteiger partial charge < -0.3 is 4.90 Å². The minimum Gasteiger partial charge on any atom is -0.337 e. The Morgan fingerprint density at radius 2 is 1.76 bits per heavy atom. The van der Waals surface area contributed by atoms with Gasteiger partial charge in [-0.1, -0.05) is 12.1 Å². The summed E-state index contributed by atoms with van der Waals surface area (Å²) in [5.41, 5.74) is 1.92. The van der Waals surface area contributed by atoms with Crippen molar-refractivity contribution < 1.29 is 8.42 Å². The topological polar surface area (TPSA) is 63.2 Å². The zero-order valence-electron chi connectivity index (χ0n) is 12.6. The van der Waals surface area contributed by atoms with Crippen LogP contribution in [0.4, 0.5) is 5.95 Å². The number of hydrogen-bond donors (Lipinski definition) is 0. The molecule has 1 atom stereocenters. The molecule has 0 amide bonds. The van der Waals surface area contributed by atoms with Crippen molar-refractivity contribution >= 4 is 15.8 Å². The lowest BCUT2D eigenvalue weighted by atomic mass is 10.1. The molecule has 21 heavy (non-hydrogen) atoms. The van der Waals surface area contributed by atoms with Gasteiger partial charge >= 0.3 is 0 Å². The molecule has 0 bridgehead atoms. The Bertz CT molecular complexity index is 727. The molecule has 0 aliphatic carbocycles. The molecule has 2 rings (SSSR count). The third kappa shape index (κ3) is 3.58. The maximum absolute atomic E-state index is 11.5. The molecule has 6 heteroatoms. The second-order valence-corrected chi connectivity index (χ2v) is 7.14. The van der Waals surface area contributed by atoms with Crippen molar-refractivity contribution in [1.29, 1.82) is 0 Å². The number of benzene rings is 1. The Balaban J connectivity index is 2.25. The van der Waals surface area contributed by atoms with Gasteiger partial charge in [0.25, 0.3) is 0 Å². The molecule has 1 aromatic heterocycles. The molecule has 0 N–H and O–H groups in total. The van der Waals surface area contributed by atoms with Crippen LogP contribution in [0, 0.1) is 6.92 Å². The highest BCUT2D eigenvalue weighted by atomic mass is 32.2. The minimum absolute atomic E-state index is 0.0420. The lowest BCUT2D eigenvalue weighted by Crippen LogP contribution is -2.23. The maximum atomic E-state index is 11.5. The number of aromatic nitrogens is 2. The molecule has 0 fully saturated rings. The summed E-state index contributed by atoms with van der Waals surface area (Å²) < 4.78 is 23.0. The third-order valence-electron chi connectivity index (χ3n) is 3.47. The van der Waals surface area contributed by atoms with E-state index in [2.05, 4.69) is 9.97 Å². The molecule has 0 saturated heterocycles. The van der Waals surface area contributed by atoms with E-state index in [1.165, 1.54) is 6.26 Å². The van der Waals surface area contributed by atoms with E-state index in [1.807, 2.05) is 44.0 Å². The van der Waals surface area contributed by atoms with E-state index in [0.29, 0.717) is 10.8 Å². The summed E-state index contributed by atoms with van der Waals surface area (Å²) in [7, 11) is -1.24. The SMILES string of the molecule is Cc1ccnc(N(C)[C@@H](C)c2ccc(S(C)(=O)=O)cc2)n1. The van der Waals surface area contributed by atoms with Crippen LogP contribution in [0.3, 0.4) is 0 Å². The summed E-state index contributed by atoms with van der Waals surface area (Å²) in [6.45, 7) is 3.95. The first-order valence-corrected chi connectivity index (χ1v) is 8.50. The molecule has 112 valence electrons. The van der Waals surface area contributed by atoms with Gasteiger partial charge in [0.2, 0.25) is 5.95 Å². The molecule has 1 aromatic carbocycles. The fourth-order valence-corrected chi connectivity index (χ4v) is 2.63. The van der Waals surface area contributed by atoms with Crippen LogP contribution in [0.15, 0.2) is 41.4 Å². The van der Waals surface area contributed by atoms with Crippen molar-refractivity contribution in [2.24, 2.45) is 0 Å². The summed E-state index contributed by atoms with van der Waals surface area (Å²) in [6, 6.07) is 8.81. The molecule has 5 nitrogen and oxygen atoms in total.